The van der Waals surface area contributed by atoms with Crippen LogP contribution in [0.3, 0.4) is 0 Å². The normalized spacial score (nSPS) is 13.7. The van der Waals surface area contributed by atoms with E-state index in [1.807, 2.05) is 0 Å². The van der Waals surface area contributed by atoms with Crippen molar-refractivity contribution in [2.75, 3.05) is 0 Å². The quantitative estimate of drug-likeness (QED) is 0.408. The van der Waals surface area contributed by atoms with Crippen LogP contribution in [0.1, 0.15) is 6.92 Å². The van der Waals surface area contributed by atoms with Gasteiger partial charge < -0.3 is 10.5 Å². The summed E-state index contributed by atoms with van der Waals surface area (Å²) in [7, 11) is 0. The standard InChI is InChI=1S/C3H6NO.Al.2H/c1-3(4)2-5;;;/h3H,4H2,1H3;;;. The van der Waals surface area contributed by atoms with E-state index in [1.165, 1.54) is 0 Å². The van der Waals surface area contributed by atoms with E-state index < -0.39 is 0 Å². The zero-order valence-electron chi connectivity index (χ0n) is 4.06. The maximum atomic E-state index is 10.1. The summed E-state index contributed by atoms with van der Waals surface area (Å²) in [5.41, 5.74) is 5.12. The lowest BCUT2D eigenvalue weighted by molar-refractivity contribution is -0.112. The lowest BCUT2D eigenvalue weighted by Crippen LogP contribution is -2.26. The van der Waals surface area contributed by atoms with Crippen molar-refractivity contribution < 1.29 is 4.79 Å². The van der Waals surface area contributed by atoms with Crippen LogP contribution in [-0.4, -0.2) is 27.0 Å². The van der Waals surface area contributed by atoms with Crippen LogP contribution >= 0.6 is 0 Å². The summed E-state index contributed by atoms with van der Waals surface area (Å²) in [5, 5.41) is 0. The van der Waals surface area contributed by atoms with Gasteiger partial charge in [0.2, 0.25) is 0 Å². The summed E-state index contributed by atoms with van der Waals surface area (Å²) in [6.07, 6.45) is 0. The van der Waals surface area contributed by atoms with Crippen LogP contribution in [-0.2, 0) is 4.79 Å². The van der Waals surface area contributed by atoms with Crippen molar-refractivity contribution in [3.05, 3.63) is 0 Å². The SMILES string of the molecule is CC(N)[C](=O)[AlH2]. The fraction of sp³-hybridized carbons (Fsp3) is 0.667. The Labute approximate surface area is 45.1 Å². The number of rotatable bonds is 1. The second-order valence-corrected chi connectivity index (χ2v) is 2.38. The Kier molecular flexibility index (Phi) is 2.42. The Hall–Kier alpha value is 0.162. The molecule has 0 aromatic rings. The second kappa shape index (κ2) is 2.36. The van der Waals surface area contributed by atoms with Gasteiger partial charge in [-0.3, -0.25) is 0 Å². The van der Waals surface area contributed by atoms with Crippen molar-refractivity contribution in [1.82, 2.24) is 0 Å². The molecule has 0 rings (SSSR count). The predicted molar refractivity (Wildman–Crippen MR) is 27.2 cm³/mol. The zero-order valence-corrected chi connectivity index (χ0v) is 6.06. The lowest BCUT2D eigenvalue weighted by Gasteiger charge is -1.93. The third kappa shape index (κ3) is 2.40. The second-order valence-electron chi connectivity index (χ2n) is 1.40. The highest BCUT2D eigenvalue weighted by atomic mass is 27.0. The Morgan fingerprint density at radius 1 is 2.00 bits per heavy atom. The van der Waals surface area contributed by atoms with Crippen molar-refractivity contribution >= 4 is 20.9 Å². The molecule has 1 atom stereocenters. The Bertz CT molecular complexity index is 61.8. The summed E-state index contributed by atoms with van der Waals surface area (Å²) >= 11 is 0.590. The molecule has 0 aromatic heterocycles. The lowest BCUT2D eigenvalue weighted by atomic mass is 10.4. The van der Waals surface area contributed by atoms with Crippen LogP contribution in [0.4, 0.5) is 0 Å². The minimum absolute atomic E-state index is 0.176. The van der Waals surface area contributed by atoms with Crippen LogP contribution in [0, 0.1) is 0 Å². The summed E-state index contributed by atoms with van der Waals surface area (Å²) in [5.74, 6) is 0. The van der Waals surface area contributed by atoms with Crippen molar-refractivity contribution in [2.45, 2.75) is 13.0 Å². The van der Waals surface area contributed by atoms with E-state index in [1.54, 1.807) is 6.92 Å². The van der Waals surface area contributed by atoms with E-state index in [4.69, 9.17) is 5.73 Å². The Morgan fingerprint density at radius 2 is 2.17 bits per heavy atom. The van der Waals surface area contributed by atoms with Gasteiger partial charge in [-0.2, -0.15) is 0 Å². The van der Waals surface area contributed by atoms with E-state index >= 15 is 0 Å². The highest BCUT2D eigenvalue weighted by Gasteiger charge is 1.94. The molecule has 34 valence electrons. The number of carbonyl (C=O) groups excluding carboxylic acids is 1. The average molecular weight is 101 g/mol. The highest BCUT2D eigenvalue weighted by Crippen LogP contribution is 1.67. The van der Waals surface area contributed by atoms with Crippen molar-refractivity contribution in [3.63, 3.8) is 0 Å². The molecule has 3 heteroatoms. The molecule has 2 N–H and O–H groups in total. The topological polar surface area (TPSA) is 43.1 Å². The first-order chi connectivity index (χ1) is 2.64. The largest absolute Gasteiger partial charge is 0.323 e. The molecule has 6 heavy (non-hydrogen) atoms. The van der Waals surface area contributed by atoms with Gasteiger partial charge in [0.1, 0.15) is 0 Å². The van der Waals surface area contributed by atoms with Crippen LogP contribution in [0.25, 0.3) is 0 Å². The third-order valence-electron chi connectivity index (χ3n) is 0.641. The molecule has 1 unspecified atom stereocenters. The monoisotopic (exact) mass is 101 g/mol. The smallest absolute Gasteiger partial charge is 0.321 e. The third-order valence-corrected chi connectivity index (χ3v) is 1.55. The van der Waals surface area contributed by atoms with Gasteiger partial charge in [0, 0.05) is 6.04 Å². The molecule has 0 saturated heterocycles. The molecule has 0 radical (unpaired) electrons. The van der Waals surface area contributed by atoms with Crippen molar-refractivity contribution in [2.24, 2.45) is 5.73 Å². The number of hydrogen-bond acceptors (Lipinski definition) is 2. The van der Waals surface area contributed by atoms with Crippen LogP contribution in [0.15, 0.2) is 0 Å². The maximum absolute atomic E-state index is 10.1. The van der Waals surface area contributed by atoms with Gasteiger partial charge in [-0.05, 0) is 6.92 Å². The summed E-state index contributed by atoms with van der Waals surface area (Å²) in [6, 6.07) is -0.225. The molecule has 0 saturated carbocycles. The highest BCUT2D eigenvalue weighted by molar-refractivity contribution is 6.58. The molecular formula is C3H8AlNO. The van der Waals surface area contributed by atoms with Crippen molar-refractivity contribution in [3.8, 4) is 0 Å². The summed E-state index contributed by atoms with van der Waals surface area (Å²) < 4.78 is 0.176. The van der Waals surface area contributed by atoms with Gasteiger partial charge in [-0.1, -0.05) is 0 Å². The molecule has 0 spiro atoms. The first-order valence-electron chi connectivity index (χ1n) is 1.90. The van der Waals surface area contributed by atoms with Gasteiger partial charge in [0.05, 0.1) is 4.65 Å². The molecule has 2 nitrogen and oxygen atoms in total. The van der Waals surface area contributed by atoms with E-state index in [0.717, 1.165) is 0 Å². The summed E-state index contributed by atoms with van der Waals surface area (Å²) in [6.45, 7) is 1.70. The van der Waals surface area contributed by atoms with E-state index in [-0.39, 0.29) is 10.7 Å². The molecule has 0 heterocycles. The van der Waals surface area contributed by atoms with Gasteiger partial charge in [-0.15, -0.1) is 0 Å². The number of carbonyl (C=O) groups is 1. The van der Waals surface area contributed by atoms with E-state index in [9.17, 15) is 4.79 Å². The number of hydrogen-bond donors (Lipinski definition) is 1. The molecule has 0 amide bonds. The first kappa shape index (κ1) is 6.16. The molecule has 0 aliphatic carbocycles. The molecule has 0 aromatic carbocycles. The Balaban J connectivity index is 3.26. The van der Waals surface area contributed by atoms with Gasteiger partial charge >= 0.3 is 16.3 Å². The number of nitrogens with two attached hydrogens (primary N) is 1. The molecule has 0 fully saturated rings. The zero-order chi connectivity index (χ0) is 5.15. The van der Waals surface area contributed by atoms with E-state index in [2.05, 4.69) is 0 Å². The molecular weight excluding hydrogens is 93.0 g/mol. The summed E-state index contributed by atoms with van der Waals surface area (Å²) in [4.78, 5) is 10.1. The van der Waals surface area contributed by atoms with Gasteiger partial charge in [0.25, 0.3) is 0 Å². The Morgan fingerprint density at radius 3 is 2.17 bits per heavy atom. The predicted octanol–water partition coefficient (Wildman–Crippen LogP) is -1.51. The van der Waals surface area contributed by atoms with Crippen molar-refractivity contribution in [1.29, 1.82) is 0 Å². The van der Waals surface area contributed by atoms with E-state index in [0.29, 0.717) is 16.3 Å². The van der Waals surface area contributed by atoms with Gasteiger partial charge in [0.15, 0.2) is 0 Å². The van der Waals surface area contributed by atoms with Crippen LogP contribution < -0.4 is 5.73 Å². The molecule has 0 bridgehead atoms. The minimum Gasteiger partial charge on any atom is -0.323 e. The fourth-order valence-electron chi connectivity index (χ4n) is 0. The maximum Gasteiger partial charge on any atom is 0.321 e. The minimum atomic E-state index is -0.225. The fourth-order valence-corrected chi connectivity index (χ4v) is 0. The van der Waals surface area contributed by atoms with Crippen LogP contribution in [0.2, 0.25) is 0 Å². The first-order valence-corrected chi connectivity index (χ1v) is 2.90. The molecule has 0 aliphatic rings. The van der Waals surface area contributed by atoms with Gasteiger partial charge in [-0.25, -0.2) is 0 Å². The molecule has 0 aliphatic heterocycles. The average Bonchev–Trinajstić information content (AvgIpc) is 1.36. The van der Waals surface area contributed by atoms with Crippen LogP contribution in [0.5, 0.6) is 0 Å².